The quantitative estimate of drug-likeness (QED) is 0.886. The standard InChI is InChI=1S/C13H18N4O2/c1-4-9-7(2)11(18)13(19-9)17-6-16-10-8(3)14-5-15-12(10)17/h5-7,9,11,13,18H,4H2,1-3H3/t7-,9-,11-,13-/m1/s1. The first-order valence-electron chi connectivity index (χ1n) is 6.61. The van der Waals surface area contributed by atoms with Gasteiger partial charge in [-0.3, -0.25) is 4.57 Å². The van der Waals surface area contributed by atoms with Crippen LogP contribution in [0, 0.1) is 12.8 Å². The van der Waals surface area contributed by atoms with Crippen LogP contribution >= 0.6 is 0 Å². The van der Waals surface area contributed by atoms with Crippen molar-refractivity contribution in [1.29, 1.82) is 0 Å². The summed E-state index contributed by atoms with van der Waals surface area (Å²) in [4.78, 5) is 12.7. The van der Waals surface area contributed by atoms with Crippen molar-refractivity contribution in [2.45, 2.75) is 45.6 Å². The minimum atomic E-state index is -0.544. The molecule has 3 heterocycles. The van der Waals surface area contributed by atoms with E-state index in [1.807, 2.05) is 13.8 Å². The van der Waals surface area contributed by atoms with Crippen molar-refractivity contribution in [3.8, 4) is 0 Å². The van der Waals surface area contributed by atoms with Crippen molar-refractivity contribution in [2.24, 2.45) is 5.92 Å². The monoisotopic (exact) mass is 262 g/mol. The van der Waals surface area contributed by atoms with E-state index in [2.05, 4.69) is 21.9 Å². The summed E-state index contributed by atoms with van der Waals surface area (Å²) in [7, 11) is 0. The smallest absolute Gasteiger partial charge is 0.165 e. The lowest BCUT2D eigenvalue weighted by Gasteiger charge is -2.16. The Labute approximate surface area is 111 Å². The van der Waals surface area contributed by atoms with Gasteiger partial charge in [0.15, 0.2) is 11.9 Å². The van der Waals surface area contributed by atoms with Gasteiger partial charge in [0, 0.05) is 5.92 Å². The van der Waals surface area contributed by atoms with Gasteiger partial charge in [0.25, 0.3) is 0 Å². The van der Waals surface area contributed by atoms with Crippen molar-refractivity contribution in [2.75, 3.05) is 0 Å². The maximum atomic E-state index is 10.3. The number of hydrogen-bond acceptors (Lipinski definition) is 5. The van der Waals surface area contributed by atoms with Crippen LogP contribution in [0.2, 0.25) is 0 Å². The molecule has 19 heavy (non-hydrogen) atoms. The van der Waals surface area contributed by atoms with Crippen LogP contribution in [0.3, 0.4) is 0 Å². The molecule has 0 radical (unpaired) electrons. The molecule has 1 aliphatic heterocycles. The molecule has 1 aliphatic rings. The number of aryl methyl sites for hydroxylation is 1. The first-order valence-corrected chi connectivity index (χ1v) is 6.61. The van der Waals surface area contributed by atoms with Gasteiger partial charge in [-0.05, 0) is 13.3 Å². The molecule has 6 heteroatoms. The fourth-order valence-electron chi connectivity index (χ4n) is 2.72. The molecule has 0 aliphatic carbocycles. The lowest BCUT2D eigenvalue weighted by Crippen LogP contribution is -2.24. The molecule has 2 aromatic rings. The highest BCUT2D eigenvalue weighted by molar-refractivity contribution is 5.72. The van der Waals surface area contributed by atoms with E-state index in [0.717, 1.165) is 17.6 Å². The Balaban J connectivity index is 2.04. The van der Waals surface area contributed by atoms with Gasteiger partial charge >= 0.3 is 0 Å². The number of hydrogen-bond donors (Lipinski definition) is 1. The summed E-state index contributed by atoms with van der Waals surface area (Å²) < 4.78 is 7.75. The Morgan fingerprint density at radius 2 is 2.16 bits per heavy atom. The van der Waals surface area contributed by atoms with Crippen molar-refractivity contribution in [1.82, 2.24) is 19.5 Å². The summed E-state index contributed by atoms with van der Waals surface area (Å²) in [5, 5.41) is 10.3. The van der Waals surface area contributed by atoms with Crippen molar-refractivity contribution in [3.05, 3.63) is 18.3 Å². The van der Waals surface area contributed by atoms with Crippen LogP contribution in [-0.2, 0) is 4.74 Å². The predicted molar refractivity (Wildman–Crippen MR) is 69.4 cm³/mol. The number of aliphatic hydroxyl groups excluding tert-OH is 1. The van der Waals surface area contributed by atoms with Crippen molar-refractivity contribution >= 4 is 11.2 Å². The van der Waals surface area contributed by atoms with Gasteiger partial charge in [-0.15, -0.1) is 0 Å². The SMILES string of the molecule is CC[C@H]1O[C@@H](n2cnc3c(C)ncnc32)[C@H](O)[C@@H]1C. The van der Waals surface area contributed by atoms with Gasteiger partial charge in [-0.1, -0.05) is 13.8 Å². The molecular weight excluding hydrogens is 244 g/mol. The van der Waals surface area contributed by atoms with Crippen LogP contribution in [0.15, 0.2) is 12.7 Å². The van der Waals surface area contributed by atoms with Crippen molar-refractivity contribution in [3.63, 3.8) is 0 Å². The summed E-state index contributed by atoms with van der Waals surface area (Å²) in [6, 6.07) is 0. The zero-order chi connectivity index (χ0) is 13.6. The fourth-order valence-corrected chi connectivity index (χ4v) is 2.72. The average Bonchev–Trinajstić information content (AvgIpc) is 2.94. The van der Waals surface area contributed by atoms with Crippen LogP contribution in [0.5, 0.6) is 0 Å². The van der Waals surface area contributed by atoms with Gasteiger partial charge < -0.3 is 9.84 Å². The number of fused-ring (bicyclic) bond motifs is 1. The molecule has 6 nitrogen and oxygen atoms in total. The zero-order valence-corrected chi connectivity index (χ0v) is 11.3. The van der Waals surface area contributed by atoms with Gasteiger partial charge in [-0.2, -0.15) is 0 Å². The van der Waals surface area contributed by atoms with Crippen LogP contribution < -0.4 is 0 Å². The van der Waals surface area contributed by atoms with E-state index in [1.54, 1.807) is 10.9 Å². The molecule has 0 amide bonds. The highest BCUT2D eigenvalue weighted by Crippen LogP contribution is 2.36. The van der Waals surface area contributed by atoms with Gasteiger partial charge in [0.1, 0.15) is 17.9 Å². The second kappa shape index (κ2) is 4.54. The molecule has 2 aromatic heterocycles. The van der Waals surface area contributed by atoms with E-state index in [0.29, 0.717) is 5.65 Å². The number of aromatic nitrogens is 4. The molecule has 1 saturated heterocycles. The van der Waals surface area contributed by atoms with E-state index in [1.165, 1.54) is 6.33 Å². The average molecular weight is 262 g/mol. The summed E-state index contributed by atoms with van der Waals surface area (Å²) in [6.45, 7) is 5.97. The molecule has 1 N–H and O–H groups in total. The summed E-state index contributed by atoms with van der Waals surface area (Å²) in [5.41, 5.74) is 2.29. The van der Waals surface area contributed by atoms with E-state index in [9.17, 15) is 5.11 Å². The first kappa shape index (κ1) is 12.5. The van der Waals surface area contributed by atoms with E-state index in [-0.39, 0.29) is 12.0 Å². The Bertz CT molecular complexity index is 597. The van der Waals surface area contributed by atoms with Gasteiger partial charge in [-0.25, -0.2) is 15.0 Å². The lowest BCUT2D eigenvalue weighted by molar-refractivity contribution is -0.0355. The van der Waals surface area contributed by atoms with Crippen LogP contribution in [0.1, 0.15) is 32.2 Å². The summed E-state index contributed by atoms with van der Waals surface area (Å²) in [5.74, 6) is 0.107. The largest absolute Gasteiger partial charge is 0.388 e. The predicted octanol–water partition coefficient (Wildman–Crippen LogP) is 1.44. The number of ether oxygens (including phenoxy) is 1. The third kappa shape index (κ3) is 1.82. The molecule has 0 spiro atoms. The second-order valence-corrected chi connectivity index (χ2v) is 5.11. The number of rotatable bonds is 2. The minimum Gasteiger partial charge on any atom is -0.388 e. The third-order valence-corrected chi connectivity index (χ3v) is 3.95. The fraction of sp³-hybridized carbons (Fsp3) is 0.615. The van der Waals surface area contributed by atoms with Crippen LogP contribution in [0.4, 0.5) is 0 Å². The molecule has 0 aromatic carbocycles. The zero-order valence-electron chi connectivity index (χ0n) is 11.3. The molecule has 0 unspecified atom stereocenters. The Morgan fingerprint density at radius 3 is 2.84 bits per heavy atom. The van der Waals surface area contributed by atoms with Crippen LogP contribution in [0.25, 0.3) is 11.2 Å². The third-order valence-electron chi connectivity index (χ3n) is 3.95. The Hall–Kier alpha value is -1.53. The molecule has 3 rings (SSSR count). The summed E-state index contributed by atoms with van der Waals surface area (Å²) in [6.07, 6.45) is 3.18. The maximum absolute atomic E-state index is 10.3. The maximum Gasteiger partial charge on any atom is 0.165 e. The molecule has 0 bridgehead atoms. The number of aliphatic hydroxyl groups is 1. The van der Waals surface area contributed by atoms with E-state index in [4.69, 9.17) is 4.74 Å². The van der Waals surface area contributed by atoms with Crippen LogP contribution in [-0.4, -0.2) is 36.8 Å². The van der Waals surface area contributed by atoms with E-state index < -0.39 is 12.3 Å². The highest BCUT2D eigenvalue weighted by Gasteiger charge is 2.41. The topological polar surface area (TPSA) is 73.1 Å². The Morgan fingerprint density at radius 1 is 1.37 bits per heavy atom. The minimum absolute atomic E-state index is 0.0698. The molecule has 0 saturated carbocycles. The second-order valence-electron chi connectivity index (χ2n) is 5.11. The highest BCUT2D eigenvalue weighted by atomic mass is 16.5. The van der Waals surface area contributed by atoms with Crippen molar-refractivity contribution < 1.29 is 9.84 Å². The van der Waals surface area contributed by atoms with Gasteiger partial charge in [0.05, 0.1) is 18.1 Å². The first-order chi connectivity index (χ1) is 9.13. The molecule has 4 atom stereocenters. The van der Waals surface area contributed by atoms with Gasteiger partial charge in [0.2, 0.25) is 0 Å². The molecule has 102 valence electrons. The van der Waals surface area contributed by atoms with E-state index >= 15 is 0 Å². The molecular formula is C13H18N4O2. The molecule has 1 fully saturated rings. The lowest BCUT2D eigenvalue weighted by atomic mass is 9.99. The summed E-state index contributed by atoms with van der Waals surface area (Å²) >= 11 is 0. The number of nitrogens with zero attached hydrogens (tertiary/aromatic N) is 4. The normalized spacial score (nSPS) is 31.2. The Kier molecular flexibility index (Phi) is 2.99. The number of imidazole rings is 1.